The van der Waals surface area contributed by atoms with Crippen LogP contribution in [0, 0.1) is 0 Å². The number of nitrogen functional groups attached to an aromatic ring is 1. The van der Waals surface area contributed by atoms with E-state index in [2.05, 4.69) is 30.6 Å². The zero-order valence-corrected chi connectivity index (χ0v) is 20.7. The lowest BCUT2D eigenvalue weighted by atomic mass is 10.0. The minimum atomic E-state index is -4.40. The fourth-order valence-corrected chi connectivity index (χ4v) is 4.54. The molecular formula is C24H27ClF3N9. The maximum Gasteiger partial charge on any atom is 0.408 e. The number of aliphatic imine (C=N–C) groups is 1. The van der Waals surface area contributed by atoms with E-state index in [1.165, 1.54) is 0 Å². The quantitative estimate of drug-likeness (QED) is 0.312. The molecule has 9 nitrogen and oxygen atoms in total. The van der Waals surface area contributed by atoms with E-state index < -0.39 is 12.7 Å². The largest absolute Gasteiger partial charge is 0.408 e. The van der Waals surface area contributed by atoms with Crippen LogP contribution in [-0.2, 0) is 13.1 Å². The number of rotatable bonds is 7. The van der Waals surface area contributed by atoms with Crippen LogP contribution in [0.3, 0.4) is 0 Å². The van der Waals surface area contributed by atoms with Gasteiger partial charge in [0.15, 0.2) is 5.82 Å². The zero-order valence-electron chi connectivity index (χ0n) is 20.0. The highest BCUT2D eigenvalue weighted by molar-refractivity contribution is 6.33. The first-order valence-electron chi connectivity index (χ1n) is 12.0. The van der Waals surface area contributed by atoms with Gasteiger partial charge in [-0.2, -0.15) is 18.3 Å². The second kappa shape index (κ2) is 10.5. The van der Waals surface area contributed by atoms with Crippen molar-refractivity contribution in [3.8, 4) is 0 Å². The van der Waals surface area contributed by atoms with Crippen molar-refractivity contribution in [3.05, 3.63) is 58.6 Å². The van der Waals surface area contributed by atoms with Gasteiger partial charge in [0.2, 0.25) is 0 Å². The van der Waals surface area contributed by atoms with Gasteiger partial charge in [-0.1, -0.05) is 11.6 Å². The van der Waals surface area contributed by atoms with Crippen LogP contribution in [0.2, 0.25) is 5.02 Å². The Balaban J connectivity index is 1.39. The maximum atomic E-state index is 12.7. The molecule has 1 saturated carbocycles. The third-order valence-corrected chi connectivity index (χ3v) is 6.48. The van der Waals surface area contributed by atoms with Gasteiger partial charge >= 0.3 is 6.18 Å². The molecule has 0 amide bonds. The molecule has 0 aromatic carbocycles. The molecular weight excluding hydrogens is 507 g/mol. The van der Waals surface area contributed by atoms with E-state index in [1.807, 2.05) is 12.3 Å². The molecule has 3 aromatic heterocycles. The zero-order chi connectivity index (χ0) is 26.0. The van der Waals surface area contributed by atoms with Crippen molar-refractivity contribution in [3.63, 3.8) is 0 Å². The van der Waals surface area contributed by atoms with Crippen LogP contribution in [0.1, 0.15) is 35.4 Å². The SMILES string of the molecule is Nc1cncc(C2CC2)c1/C(=N\Cc1ccnc(Nc2nn(CC(F)(F)F)cc2Cl)c1)N1CCNCC1. The number of nitrogens with one attached hydrogen (secondary N) is 2. The number of piperazine rings is 1. The molecule has 13 heteroatoms. The molecule has 2 aliphatic rings. The number of hydrogen-bond acceptors (Lipinski definition) is 7. The Morgan fingerprint density at radius 3 is 2.76 bits per heavy atom. The first kappa shape index (κ1) is 25.3. The fraction of sp³-hybridized carbons (Fsp3) is 0.417. The molecule has 2 fully saturated rings. The summed E-state index contributed by atoms with van der Waals surface area (Å²) in [6.07, 6.45) is 4.15. The van der Waals surface area contributed by atoms with E-state index in [9.17, 15) is 13.2 Å². The molecule has 4 N–H and O–H groups in total. The lowest BCUT2D eigenvalue weighted by Gasteiger charge is -2.32. The molecule has 1 aliphatic carbocycles. The highest BCUT2D eigenvalue weighted by Gasteiger charge is 2.31. The molecule has 5 rings (SSSR count). The Morgan fingerprint density at radius 2 is 2.03 bits per heavy atom. The maximum absolute atomic E-state index is 12.7. The number of nitrogens with two attached hydrogens (primary N) is 1. The van der Waals surface area contributed by atoms with Crippen LogP contribution in [0.5, 0.6) is 0 Å². The Bertz CT molecular complexity index is 1280. The summed E-state index contributed by atoms with van der Waals surface area (Å²) in [5.74, 6) is 1.80. The third-order valence-electron chi connectivity index (χ3n) is 6.20. The standard InChI is InChI=1S/C24H27ClF3N9/c25-18-13-37(14-24(26,27)28)35-22(18)34-20-9-15(3-4-32-20)10-33-23(36-7-5-30-6-8-36)21-17(16-1-2-16)11-31-12-19(21)29/h3-4,9,11-13,16,30H,1-2,5-8,10,14,29H2,(H,32,34,35)/b33-23+. The molecule has 0 unspecified atom stereocenters. The van der Waals surface area contributed by atoms with Gasteiger partial charge in [0, 0.05) is 50.3 Å². The molecule has 37 heavy (non-hydrogen) atoms. The second-order valence-electron chi connectivity index (χ2n) is 9.16. The Hall–Kier alpha value is -3.38. The summed E-state index contributed by atoms with van der Waals surface area (Å²) in [6.45, 7) is 2.46. The van der Waals surface area contributed by atoms with Crippen LogP contribution >= 0.6 is 11.6 Å². The van der Waals surface area contributed by atoms with Gasteiger partial charge < -0.3 is 21.3 Å². The summed E-state index contributed by atoms with van der Waals surface area (Å²) in [7, 11) is 0. The summed E-state index contributed by atoms with van der Waals surface area (Å²) in [5, 5.41) is 10.2. The third kappa shape index (κ3) is 6.31. The van der Waals surface area contributed by atoms with E-state index in [0.717, 1.165) is 72.4 Å². The number of hydrogen-bond donors (Lipinski definition) is 3. The summed E-state index contributed by atoms with van der Waals surface area (Å²) in [4.78, 5) is 15.8. The van der Waals surface area contributed by atoms with E-state index in [0.29, 0.717) is 24.0 Å². The van der Waals surface area contributed by atoms with Crippen LogP contribution in [0.4, 0.5) is 30.5 Å². The topological polar surface area (TPSA) is 109 Å². The predicted octanol–water partition coefficient (Wildman–Crippen LogP) is 3.94. The first-order chi connectivity index (χ1) is 17.8. The molecule has 0 spiro atoms. The predicted molar refractivity (Wildman–Crippen MR) is 136 cm³/mol. The van der Waals surface area contributed by atoms with E-state index in [1.54, 1.807) is 18.5 Å². The van der Waals surface area contributed by atoms with Gasteiger partial charge in [-0.05, 0) is 42.0 Å². The summed E-state index contributed by atoms with van der Waals surface area (Å²) in [5.41, 5.74) is 9.99. The first-order valence-corrected chi connectivity index (χ1v) is 12.4. The van der Waals surface area contributed by atoms with Gasteiger partial charge in [0.1, 0.15) is 23.2 Å². The Labute approximate surface area is 216 Å². The number of nitrogens with zero attached hydrogens (tertiary/aromatic N) is 6. The van der Waals surface area contributed by atoms with Crippen molar-refractivity contribution in [1.29, 1.82) is 0 Å². The number of pyridine rings is 2. The lowest BCUT2D eigenvalue weighted by molar-refractivity contribution is -0.142. The van der Waals surface area contributed by atoms with Crippen LogP contribution in [0.15, 0.2) is 41.9 Å². The van der Waals surface area contributed by atoms with Gasteiger partial charge in [-0.25, -0.2) is 4.98 Å². The molecule has 1 aliphatic heterocycles. The van der Waals surface area contributed by atoms with Gasteiger partial charge in [-0.3, -0.25) is 14.7 Å². The van der Waals surface area contributed by atoms with Crippen LogP contribution in [-0.4, -0.2) is 62.8 Å². The van der Waals surface area contributed by atoms with Gasteiger partial charge in [0.05, 0.1) is 18.4 Å². The van der Waals surface area contributed by atoms with Crippen molar-refractivity contribution in [2.75, 3.05) is 37.2 Å². The van der Waals surface area contributed by atoms with E-state index in [-0.39, 0.29) is 10.8 Å². The molecule has 0 radical (unpaired) electrons. The second-order valence-corrected chi connectivity index (χ2v) is 9.56. The van der Waals surface area contributed by atoms with Gasteiger partial charge in [0.25, 0.3) is 0 Å². The molecule has 0 atom stereocenters. The van der Waals surface area contributed by atoms with E-state index >= 15 is 0 Å². The number of aromatic nitrogens is 4. The minimum Gasteiger partial charge on any atom is -0.397 e. The van der Waals surface area contributed by atoms with Crippen molar-refractivity contribution < 1.29 is 13.2 Å². The van der Waals surface area contributed by atoms with Crippen molar-refractivity contribution in [2.24, 2.45) is 4.99 Å². The number of anilines is 3. The highest BCUT2D eigenvalue weighted by atomic mass is 35.5. The number of alkyl halides is 3. The molecule has 3 aromatic rings. The highest BCUT2D eigenvalue weighted by Crippen LogP contribution is 2.43. The molecule has 4 heterocycles. The Kier molecular flexibility index (Phi) is 7.20. The monoisotopic (exact) mass is 533 g/mol. The van der Waals surface area contributed by atoms with Gasteiger partial charge in [-0.15, -0.1) is 0 Å². The molecule has 196 valence electrons. The average Bonchev–Trinajstić information content (AvgIpc) is 3.65. The number of amidine groups is 1. The van der Waals surface area contributed by atoms with Crippen molar-refractivity contribution >= 4 is 34.8 Å². The summed E-state index contributed by atoms with van der Waals surface area (Å²) < 4.78 is 38.8. The fourth-order valence-electron chi connectivity index (χ4n) is 4.34. The summed E-state index contributed by atoms with van der Waals surface area (Å²) >= 11 is 6.09. The lowest BCUT2D eigenvalue weighted by Crippen LogP contribution is -2.47. The molecule has 1 saturated heterocycles. The number of halogens is 4. The average molecular weight is 534 g/mol. The smallest absolute Gasteiger partial charge is 0.397 e. The van der Waals surface area contributed by atoms with Crippen LogP contribution < -0.4 is 16.4 Å². The van der Waals surface area contributed by atoms with E-state index in [4.69, 9.17) is 22.3 Å². The molecule has 0 bridgehead atoms. The Morgan fingerprint density at radius 1 is 1.24 bits per heavy atom. The van der Waals surface area contributed by atoms with Crippen LogP contribution in [0.25, 0.3) is 0 Å². The van der Waals surface area contributed by atoms with Crippen molar-refractivity contribution in [1.82, 2.24) is 30.0 Å². The minimum absolute atomic E-state index is 0.0660. The normalized spacial score (nSPS) is 16.8. The summed E-state index contributed by atoms with van der Waals surface area (Å²) in [6, 6.07) is 3.61. The van der Waals surface area contributed by atoms with Crippen molar-refractivity contribution in [2.45, 2.75) is 38.0 Å².